The van der Waals surface area contributed by atoms with Crippen LogP contribution >= 0.6 is 0 Å². The minimum Gasteiger partial charge on any atom is -0.392 e. The van der Waals surface area contributed by atoms with E-state index in [-0.39, 0.29) is 17.6 Å². The van der Waals surface area contributed by atoms with Crippen LogP contribution < -0.4 is 0 Å². The molecule has 1 aliphatic carbocycles. The topological polar surface area (TPSA) is 29.5 Å². The van der Waals surface area contributed by atoms with Crippen molar-refractivity contribution in [2.75, 3.05) is 6.61 Å². The molecule has 3 atom stereocenters. The van der Waals surface area contributed by atoms with E-state index < -0.39 is 0 Å². The maximum Gasteiger partial charge on any atom is 0.0868 e. The van der Waals surface area contributed by atoms with Crippen LogP contribution in [-0.2, 0) is 4.74 Å². The first-order valence-corrected chi connectivity index (χ1v) is 8.53. The molecule has 2 aromatic rings. The summed E-state index contributed by atoms with van der Waals surface area (Å²) in [5.41, 5.74) is 2.64. The molecule has 2 aliphatic rings. The highest BCUT2D eigenvalue weighted by molar-refractivity contribution is 5.86. The number of aliphatic hydroxyl groups excluding tert-OH is 1. The summed E-state index contributed by atoms with van der Waals surface area (Å²) in [5, 5.41) is 12.9. The van der Waals surface area contributed by atoms with Gasteiger partial charge in [0, 0.05) is 5.92 Å². The quantitative estimate of drug-likeness (QED) is 0.778. The SMILES string of the molecule is CC1(C)[C@H](O)CC=C2C[C@@H](c3cccc4ccccc34)OC[C@@H]21. The molecule has 120 valence electrons. The first-order chi connectivity index (χ1) is 11.1. The number of rotatable bonds is 1. The van der Waals surface area contributed by atoms with Gasteiger partial charge in [0.25, 0.3) is 0 Å². The van der Waals surface area contributed by atoms with Crippen molar-refractivity contribution in [3.63, 3.8) is 0 Å². The number of fused-ring (bicyclic) bond motifs is 2. The van der Waals surface area contributed by atoms with E-state index in [2.05, 4.69) is 62.4 Å². The summed E-state index contributed by atoms with van der Waals surface area (Å²) in [6.45, 7) is 5.03. The van der Waals surface area contributed by atoms with E-state index in [1.54, 1.807) is 0 Å². The van der Waals surface area contributed by atoms with Gasteiger partial charge in [0.05, 0.1) is 18.8 Å². The molecule has 0 radical (unpaired) electrons. The van der Waals surface area contributed by atoms with Gasteiger partial charge in [-0.1, -0.05) is 68.0 Å². The van der Waals surface area contributed by atoms with Gasteiger partial charge >= 0.3 is 0 Å². The number of aliphatic hydroxyl groups is 1. The Morgan fingerprint density at radius 1 is 1.09 bits per heavy atom. The molecule has 23 heavy (non-hydrogen) atoms. The summed E-state index contributed by atoms with van der Waals surface area (Å²) in [4.78, 5) is 0. The van der Waals surface area contributed by atoms with Gasteiger partial charge in [0.15, 0.2) is 0 Å². The van der Waals surface area contributed by atoms with Crippen molar-refractivity contribution in [2.24, 2.45) is 11.3 Å². The van der Waals surface area contributed by atoms with Crippen LogP contribution in [0.4, 0.5) is 0 Å². The zero-order valence-electron chi connectivity index (χ0n) is 13.8. The van der Waals surface area contributed by atoms with Crippen LogP contribution in [0.5, 0.6) is 0 Å². The molecule has 2 aromatic carbocycles. The van der Waals surface area contributed by atoms with E-state index in [0.717, 1.165) is 12.8 Å². The van der Waals surface area contributed by atoms with Gasteiger partial charge in [-0.2, -0.15) is 0 Å². The van der Waals surface area contributed by atoms with Gasteiger partial charge < -0.3 is 9.84 Å². The Bertz CT molecular complexity index is 754. The molecule has 0 aromatic heterocycles. The standard InChI is InChI=1S/C21H24O2/c1-21(2)18-13-23-19(12-15(18)10-11-20(21)22)17-9-5-7-14-6-3-4-8-16(14)17/h3-10,18-20,22H,11-13H2,1-2H3/t18-,19-,20+/m0/s1. The third-order valence-corrected chi connectivity index (χ3v) is 5.86. The van der Waals surface area contributed by atoms with Crippen molar-refractivity contribution in [2.45, 2.75) is 38.9 Å². The van der Waals surface area contributed by atoms with E-state index in [1.807, 2.05) is 0 Å². The molecule has 4 rings (SSSR count). The summed E-state index contributed by atoms with van der Waals surface area (Å²) in [6, 6.07) is 15.0. The monoisotopic (exact) mass is 308 g/mol. The maximum atomic E-state index is 10.3. The third-order valence-electron chi connectivity index (χ3n) is 5.86. The van der Waals surface area contributed by atoms with Crippen LogP contribution in [0.15, 0.2) is 54.1 Å². The Balaban J connectivity index is 1.68. The molecule has 1 fully saturated rings. The van der Waals surface area contributed by atoms with Crippen LogP contribution in [0.1, 0.15) is 38.4 Å². The first-order valence-electron chi connectivity index (χ1n) is 8.53. The van der Waals surface area contributed by atoms with Crippen molar-refractivity contribution in [3.05, 3.63) is 59.7 Å². The van der Waals surface area contributed by atoms with Crippen molar-refractivity contribution in [1.29, 1.82) is 0 Å². The zero-order valence-corrected chi connectivity index (χ0v) is 13.8. The average Bonchev–Trinajstić information content (AvgIpc) is 2.58. The summed E-state index contributed by atoms with van der Waals surface area (Å²) < 4.78 is 6.27. The molecular weight excluding hydrogens is 284 g/mol. The van der Waals surface area contributed by atoms with Crippen molar-refractivity contribution in [1.82, 2.24) is 0 Å². The number of ether oxygens (including phenoxy) is 1. The van der Waals surface area contributed by atoms with E-state index >= 15 is 0 Å². The molecule has 1 saturated heterocycles. The molecule has 1 N–H and O–H groups in total. The molecule has 0 unspecified atom stereocenters. The fraction of sp³-hybridized carbons (Fsp3) is 0.429. The van der Waals surface area contributed by atoms with Crippen LogP contribution in [0.2, 0.25) is 0 Å². The minimum atomic E-state index is -0.269. The highest BCUT2D eigenvalue weighted by Gasteiger charge is 2.44. The number of hydrogen-bond donors (Lipinski definition) is 1. The lowest BCUT2D eigenvalue weighted by molar-refractivity contribution is -0.0677. The largest absolute Gasteiger partial charge is 0.392 e. The van der Waals surface area contributed by atoms with Gasteiger partial charge in [-0.15, -0.1) is 0 Å². The second-order valence-electron chi connectivity index (χ2n) is 7.50. The summed E-state index contributed by atoms with van der Waals surface area (Å²) >= 11 is 0. The van der Waals surface area contributed by atoms with Crippen molar-refractivity contribution < 1.29 is 9.84 Å². The molecule has 2 nitrogen and oxygen atoms in total. The van der Waals surface area contributed by atoms with E-state index in [0.29, 0.717) is 12.5 Å². The Hall–Kier alpha value is -1.64. The van der Waals surface area contributed by atoms with E-state index in [9.17, 15) is 5.11 Å². The van der Waals surface area contributed by atoms with Crippen molar-refractivity contribution in [3.8, 4) is 0 Å². The summed E-state index contributed by atoms with van der Waals surface area (Å²) in [5.74, 6) is 0.331. The normalized spacial score (nSPS) is 29.9. The summed E-state index contributed by atoms with van der Waals surface area (Å²) in [7, 11) is 0. The van der Waals surface area contributed by atoms with Crippen LogP contribution in [0, 0.1) is 11.3 Å². The lowest BCUT2D eigenvalue weighted by Crippen LogP contribution is -2.44. The number of hydrogen-bond acceptors (Lipinski definition) is 2. The first kappa shape index (κ1) is 14.9. The zero-order chi connectivity index (χ0) is 16.0. The molecule has 2 heteroatoms. The molecule has 0 bridgehead atoms. The molecule has 1 heterocycles. The Morgan fingerprint density at radius 2 is 1.87 bits per heavy atom. The molecular formula is C21H24O2. The molecule has 0 amide bonds. The molecule has 0 spiro atoms. The smallest absolute Gasteiger partial charge is 0.0868 e. The Labute approximate surface area is 137 Å². The van der Waals surface area contributed by atoms with E-state index in [1.165, 1.54) is 21.9 Å². The maximum absolute atomic E-state index is 10.3. The summed E-state index contributed by atoms with van der Waals surface area (Å²) in [6.07, 6.45) is 3.81. The number of benzene rings is 2. The van der Waals surface area contributed by atoms with Crippen LogP contribution in [-0.4, -0.2) is 17.8 Å². The molecule has 1 aliphatic heterocycles. The second kappa shape index (κ2) is 5.47. The minimum absolute atomic E-state index is 0.103. The Morgan fingerprint density at radius 3 is 2.74 bits per heavy atom. The fourth-order valence-electron chi connectivity index (χ4n) is 4.18. The van der Waals surface area contributed by atoms with Gasteiger partial charge in [0.2, 0.25) is 0 Å². The predicted octanol–water partition coefficient (Wildman–Crippen LogP) is 4.63. The second-order valence-corrected chi connectivity index (χ2v) is 7.50. The van der Waals surface area contributed by atoms with Crippen LogP contribution in [0.3, 0.4) is 0 Å². The predicted molar refractivity (Wildman–Crippen MR) is 93.2 cm³/mol. The lowest BCUT2D eigenvalue weighted by Gasteiger charge is -2.46. The van der Waals surface area contributed by atoms with Crippen molar-refractivity contribution >= 4 is 10.8 Å². The fourth-order valence-corrected chi connectivity index (χ4v) is 4.18. The highest BCUT2D eigenvalue weighted by atomic mass is 16.5. The van der Waals surface area contributed by atoms with Crippen LogP contribution in [0.25, 0.3) is 10.8 Å². The average molecular weight is 308 g/mol. The van der Waals surface area contributed by atoms with E-state index in [4.69, 9.17) is 4.74 Å². The van der Waals surface area contributed by atoms with Gasteiger partial charge in [-0.3, -0.25) is 0 Å². The molecule has 0 saturated carbocycles. The van der Waals surface area contributed by atoms with Gasteiger partial charge in [-0.05, 0) is 34.6 Å². The Kier molecular flexibility index (Phi) is 3.55. The van der Waals surface area contributed by atoms with Gasteiger partial charge in [0.1, 0.15) is 0 Å². The third kappa shape index (κ3) is 2.41. The lowest BCUT2D eigenvalue weighted by atomic mass is 9.65. The van der Waals surface area contributed by atoms with Gasteiger partial charge in [-0.25, -0.2) is 0 Å². The highest BCUT2D eigenvalue weighted by Crippen LogP contribution is 2.48.